The van der Waals surface area contributed by atoms with Crippen LogP contribution in [0.3, 0.4) is 0 Å². The minimum atomic E-state index is -0.513. The molecule has 1 atom stereocenters. The van der Waals surface area contributed by atoms with Gasteiger partial charge in [0.2, 0.25) is 0 Å². The van der Waals surface area contributed by atoms with Crippen molar-refractivity contribution in [3.8, 4) is 16.8 Å². The fourth-order valence-corrected chi connectivity index (χ4v) is 12.7. The van der Waals surface area contributed by atoms with E-state index in [-0.39, 0.29) is 0 Å². The van der Waals surface area contributed by atoms with Crippen molar-refractivity contribution in [2.45, 2.75) is 6.17 Å². The number of furan rings is 2. The Morgan fingerprint density at radius 2 is 1.07 bits per heavy atom. The number of nitrogens with one attached hydrogen (secondary N) is 1. The molecule has 1 unspecified atom stereocenters. The molecule has 0 radical (unpaired) electrons. The SMILES string of the molecule is c1ccc2cc3c(cc2c1)c1c2ccccc2ccc1n3-c1ccc(C2=NC(c3cccc4oc5ccccc5c34)NC(c3cccc4oc5ccccc5c34)=N2)cc1-c1ccc2sc3ccccc3c2c1. The Morgan fingerprint density at radius 1 is 0.417 bits per heavy atom. The van der Waals surface area contributed by atoms with Crippen LogP contribution < -0.4 is 5.32 Å². The minimum absolute atomic E-state index is 0.513. The van der Waals surface area contributed by atoms with Gasteiger partial charge in [-0.2, -0.15) is 0 Å². The second-order valence-corrected chi connectivity index (χ2v) is 19.9. The largest absolute Gasteiger partial charge is 0.456 e. The lowest BCUT2D eigenvalue weighted by molar-refractivity contribution is 0.662. The van der Waals surface area contributed by atoms with Gasteiger partial charge in [-0.25, -0.2) is 9.98 Å². The number of aliphatic imine (C=N–C) groups is 2. The predicted molar refractivity (Wildman–Crippen MR) is 301 cm³/mol. The van der Waals surface area contributed by atoms with Gasteiger partial charge in [-0.3, -0.25) is 0 Å². The first kappa shape index (κ1) is 39.5. The number of rotatable bonds is 5. The summed E-state index contributed by atoms with van der Waals surface area (Å²) in [5.41, 5.74) is 11.7. The monoisotopic (exact) mass is 938 g/mol. The smallest absolute Gasteiger partial charge is 0.159 e. The zero-order valence-corrected chi connectivity index (χ0v) is 39.2. The van der Waals surface area contributed by atoms with Gasteiger partial charge in [0.05, 0.1) is 16.7 Å². The van der Waals surface area contributed by atoms with Gasteiger partial charge in [0.15, 0.2) is 5.84 Å². The number of para-hydroxylation sites is 2. The number of amidine groups is 2. The van der Waals surface area contributed by atoms with Crippen molar-refractivity contribution in [1.82, 2.24) is 9.88 Å². The third-order valence-corrected chi connectivity index (χ3v) is 16.0. The molecular formula is C65H38N4O2S. The second-order valence-electron chi connectivity index (χ2n) is 18.8. The van der Waals surface area contributed by atoms with E-state index >= 15 is 0 Å². The normalized spacial score (nSPS) is 14.2. The molecule has 1 aliphatic rings. The zero-order chi connectivity index (χ0) is 47.0. The highest BCUT2D eigenvalue weighted by molar-refractivity contribution is 7.25. The molecular weight excluding hydrogens is 901 g/mol. The van der Waals surface area contributed by atoms with Crippen LogP contribution >= 0.6 is 11.3 Å². The number of thiophene rings is 1. The van der Waals surface area contributed by atoms with E-state index in [9.17, 15) is 0 Å². The number of fused-ring (bicyclic) bond motifs is 15. The van der Waals surface area contributed by atoms with Gasteiger partial charge in [-0.15, -0.1) is 11.3 Å². The highest BCUT2D eigenvalue weighted by Crippen LogP contribution is 2.44. The van der Waals surface area contributed by atoms with Crippen molar-refractivity contribution in [3.63, 3.8) is 0 Å². The average Bonchev–Trinajstić information content (AvgIpc) is 4.21. The maximum Gasteiger partial charge on any atom is 0.159 e. The van der Waals surface area contributed by atoms with E-state index < -0.39 is 6.17 Å². The molecule has 0 spiro atoms. The third kappa shape index (κ3) is 5.83. The molecule has 0 bridgehead atoms. The molecule has 7 heteroatoms. The lowest BCUT2D eigenvalue weighted by atomic mass is 9.97. The van der Waals surface area contributed by atoms with E-state index in [4.69, 9.17) is 18.8 Å². The van der Waals surface area contributed by atoms with E-state index in [1.54, 1.807) is 0 Å². The lowest BCUT2D eigenvalue weighted by Crippen LogP contribution is -2.33. The van der Waals surface area contributed by atoms with Crippen molar-refractivity contribution >= 4 is 130 Å². The molecule has 336 valence electrons. The van der Waals surface area contributed by atoms with Crippen molar-refractivity contribution in [2.75, 3.05) is 0 Å². The third-order valence-electron chi connectivity index (χ3n) is 14.8. The van der Waals surface area contributed by atoms with Gasteiger partial charge in [-0.1, -0.05) is 140 Å². The van der Waals surface area contributed by atoms with Crippen LogP contribution in [0.15, 0.2) is 237 Å². The van der Waals surface area contributed by atoms with Crippen LogP contribution in [0.1, 0.15) is 22.9 Å². The van der Waals surface area contributed by atoms with Crippen LogP contribution in [0.25, 0.3) is 124 Å². The first-order valence-electron chi connectivity index (χ1n) is 24.3. The number of nitrogens with zero attached hydrogens (tertiary/aromatic N) is 3. The molecule has 15 aromatic rings. The summed E-state index contributed by atoms with van der Waals surface area (Å²) < 4.78 is 17.9. The topological polar surface area (TPSA) is 68.0 Å². The van der Waals surface area contributed by atoms with Crippen LogP contribution in [0, 0.1) is 0 Å². The lowest BCUT2D eigenvalue weighted by Gasteiger charge is -2.25. The maximum absolute atomic E-state index is 6.45. The van der Waals surface area contributed by atoms with Gasteiger partial charge in [0.25, 0.3) is 0 Å². The van der Waals surface area contributed by atoms with E-state index in [0.717, 1.165) is 88.4 Å². The van der Waals surface area contributed by atoms with Crippen LogP contribution in [0.5, 0.6) is 0 Å². The molecule has 1 N–H and O–H groups in total. The van der Waals surface area contributed by atoms with Crippen molar-refractivity contribution < 1.29 is 8.83 Å². The summed E-state index contributed by atoms with van der Waals surface area (Å²) >= 11 is 1.84. The van der Waals surface area contributed by atoms with Crippen LogP contribution in [-0.2, 0) is 0 Å². The van der Waals surface area contributed by atoms with E-state index in [1.807, 2.05) is 53.8 Å². The van der Waals surface area contributed by atoms with Gasteiger partial charge in [0, 0.05) is 74.7 Å². The fraction of sp³-hybridized carbons (Fsp3) is 0.0154. The molecule has 0 saturated heterocycles. The van der Waals surface area contributed by atoms with Crippen molar-refractivity contribution in [2.24, 2.45) is 9.98 Å². The highest BCUT2D eigenvalue weighted by Gasteiger charge is 2.28. The standard InChI is InChI=1S/C65H38N4O2S/c1-2-15-39-36-53-50(33-38(39)14-1)60-42-16-4-3-13-37(42)27-31-52(60)69(53)51-30-28-41(35-48(51)40-29-32-59-49(34-40)43-17-7-10-26-58(43)72-59)63-66-64(46-20-11-24-56-61(46)44-18-5-8-22-54(44)70-56)68-65(67-63)47-21-12-25-57-62(47)45-19-6-9-23-55(45)71-57/h1-36,64H,(H,66,67,68). The van der Waals surface area contributed by atoms with Gasteiger partial charge in [-0.05, 0) is 106 Å². The molecule has 0 saturated carbocycles. The molecule has 0 fully saturated rings. The highest BCUT2D eigenvalue weighted by atomic mass is 32.1. The molecule has 4 aromatic heterocycles. The van der Waals surface area contributed by atoms with E-state index in [1.165, 1.54) is 52.5 Å². The Hall–Kier alpha value is -9.30. The molecule has 5 heterocycles. The Balaban J connectivity index is 0.982. The molecule has 11 aromatic carbocycles. The summed E-state index contributed by atoms with van der Waals surface area (Å²) in [5, 5.41) is 17.8. The number of aromatic nitrogens is 1. The van der Waals surface area contributed by atoms with Crippen LogP contribution in [0.4, 0.5) is 0 Å². The Kier molecular flexibility index (Phi) is 8.29. The summed E-state index contributed by atoms with van der Waals surface area (Å²) in [6.45, 7) is 0. The molecule has 0 amide bonds. The van der Waals surface area contributed by atoms with Gasteiger partial charge in [0.1, 0.15) is 34.3 Å². The van der Waals surface area contributed by atoms with E-state index in [2.05, 4.69) is 186 Å². The number of hydrogen-bond acceptors (Lipinski definition) is 6. The quantitative estimate of drug-likeness (QED) is 0.187. The predicted octanol–water partition coefficient (Wildman–Crippen LogP) is 17.4. The molecule has 1 aliphatic heterocycles. The Bertz CT molecular complexity index is 4870. The van der Waals surface area contributed by atoms with Crippen molar-refractivity contribution in [3.05, 3.63) is 235 Å². The summed E-state index contributed by atoms with van der Waals surface area (Å²) in [6.07, 6.45) is -0.513. The maximum atomic E-state index is 6.45. The second kappa shape index (κ2) is 15.1. The summed E-state index contributed by atoms with van der Waals surface area (Å²) in [4.78, 5) is 11.1. The minimum Gasteiger partial charge on any atom is -0.456 e. The van der Waals surface area contributed by atoms with E-state index in [0.29, 0.717) is 11.7 Å². The van der Waals surface area contributed by atoms with Crippen LogP contribution in [0.2, 0.25) is 0 Å². The first-order chi connectivity index (χ1) is 35.7. The number of hydrogen-bond donors (Lipinski definition) is 1. The van der Waals surface area contributed by atoms with Gasteiger partial charge < -0.3 is 18.7 Å². The Morgan fingerprint density at radius 3 is 1.90 bits per heavy atom. The zero-order valence-electron chi connectivity index (χ0n) is 38.4. The number of benzene rings is 11. The summed E-state index contributed by atoms with van der Waals surface area (Å²) in [5.74, 6) is 1.34. The molecule has 72 heavy (non-hydrogen) atoms. The van der Waals surface area contributed by atoms with Crippen LogP contribution in [-0.4, -0.2) is 16.2 Å². The van der Waals surface area contributed by atoms with Crippen molar-refractivity contribution in [1.29, 1.82) is 0 Å². The summed E-state index contributed by atoms with van der Waals surface area (Å²) in [7, 11) is 0. The molecule has 0 aliphatic carbocycles. The summed E-state index contributed by atoms with van der Waals surface area (Å²) in [6, 6.07) is 78.2. The Labute approximate surface area is 415 Å². The first-order valence-corrected chi connectivity index (χ1v) is 25.1. The molecule has 16 rings (SSSR count). The van der Waals surface area contributed by atoms with Gasteiger partial charge >= 0.3 is 0 Å². The fourth-order valence-electron chi connectivity index (χ4n) is 11.6. The average molecular weight is 939 g/mol. The molecule has 6 nitrogen and oxygen atoms in total.